The average Bonchev–Trinajstić information content (AvgIpc) is 2.49. The molecule has 0 aliphatic heterocycles. The molecule has 0 spiro atoms. The van der Waals surface area contributed by atoms with E-state index in [0.717, 1.165) is 23.7 Å². The minimum absolute atomic E-state index is 0.545. The third-order valence-electron chi connectivity index (χ3n) is 3.35. The molecule has 4 N–H and O–H groups in total. The van der Waals surface area contributed by atoms with Crippen molar-refractivity contribution in [2.45, 2.75) is 6.92 Å². The second-order valence-electron chi connectivity index (χ2n) is 5.30. The predicted octanol–water partition coefficient (Wildman–Crippen LogP) is 3.23. The predicted molar refractivity (Wildman–Crippen MR) is 94.4 cm³/mol. The summed E-state index contributed by atoms with van der Waals surface area (Å²) in [7, 11) is 1.98. The van der Waals surface area contributed by atoms with Crippen molar-refractivity contribution in [1.29, 1.82) is 0 Å². The quantitative estimate of drug-likeness (QED) is 0.634. The summed E-state index contributed by atoms with van der Waals surface area (Å²) in [6.07, 6.45) is 4.06. The summed E-state index contributed by atoms with van der Waals surface area (Å²) in [6.45, 7) is 3.34. The van der Waals surface area contributed by atoms with Crippen molar-refractivity contribution in [2.75, 3.05) is 36.6 Å². The number of anilines is 3. The topological polar surface area (TPSA) is 64.5 Å². The molecule has 0 fully saturated rings. The molecular formula is C18H23N3O. The number of nitrogen functional groups attached to an aromatic ring is 2. The van der Waals surface area contributed by atoms with Crippen molar-refractivity contribution in [2.24, 2.45) is 0 Å². The first-order valence-corrected chi connectivity index (χ1v) is 7.27. The highest BCUT2D eigenvalue weighted by Gasteiger charge is 2.03. The number of hydrogen-bond donors (Lipinski definition) is 2. The first-order valence-electron chi connectivity index (χ1n) is 7.27. The molecular weight excluding hydrogens is 274 g/mol. The van der Waals surface area contributed by atoms with E-state index < -0.39 is 0 Å². The summed E-state index contributed by atoms with van der Waals surface area (Å²) in [5, 5.41) is 0. The van der Waals surface area contributed by atoms with Crippen LogP contribution < -0.4 is 21.1 Å². The van der Waals surface area contributed by atoms with Crippen LogP contribution >= 0.6 is 0 Å². The summed E-state index contributed by atoms with van der Waals surface area (Å²) in [6, 6.07) is 13.5. The maximum absolute atomic E-state index is 5.96. The smallest absolute Gasteiger partial charge is 0.120 e. The van der Waals surface area contributed by atoms with E-state index in [0.29, 0.717) is 12.3 Å². The number of aryl methyl sites for hydroxylation is 1. The first-order chi connectivity index (χ1) is 10.6. The summed E-state index contributed by atoms with van der Waals surface area (Å²) in [5.41, 5.74) is 15.3. The van der Waals surface area contributed by atoms with Gasteiger partial charge in [-0.05, 0) is 48.9 Å². The van der Waals surface area contributed by atoms with Crippen LogP contribution in [0, 0.1) is 6.92 Å². The summed E-state index contributed by atoms with van der Waals surface area (Å²) >= 11 is 0. The van der Waals surface area contributed by atoms with E-state index in [1.54, 1.807) is 6.07 Å². The number of hydrogen-bond acceptors (Lipinski definition) is 4. The standard InChI is InChI=1S/C18H23N3O/c1-14-6-5-7-16(12-14)22-11-4-3-10-21(2)18-13-15(19)8-9-17(18)20/h3-9,12-13H,10-11,19-20H2,1-2H3/b4-3+. The second kappa shape index (κ2) is 7.41. The van der Waals surface area contributed by atoms with Gasteiger partial charge < -0.3 is 21.1 Å². The van der Waals surface area contributed by atoms with E-state index in [2.05, 4.69) is 11.0 Å². The van der Waals surface area contributed by atoms with E-state index in [1.165, 1.54) is 5.56 Å². The van der Waals surface area contributed by atoms with Crippen LogP contribution in [0.4, 0.5) is 17.1 Å². The minimum atomic E-state index is 0.545. The Balaban J connectivity index is 1.83. The highest BCUT2D eigenvalue weighted by molar-refractivity contribution is 5.71. The van der Waals surface area contributed by atoms with Crippen molar-refractivity contribution in [1.82, 2.24) is 0 Å². The molecule has 0 aromatic heterocycles. The summed E-state index contributed by atoms with van der Waals surface area (Å²) in [5.74, 6) is 0.887. The largest absolute Gasteiger partial charge is 0.490 e. The molecule has 0 amide bonds. The normalized spacial score (nSPS) is 10.8. The molecule has 0 bridgehead atoms. The zero-order chi connectivity index (χ0) is 15.9. The lowest BCUT2D eigenvalue weighted by atomic mass is 10.2. The van der Waals surface area contributed by atoms with Gasteiger partial charge in [-0.1, -0.05) is 18.2 Å². The Hall–Kier alpha value is -2.62. The van der Waals surface area contributed by atoms with Crippen LogP contribution in [0.2, 0.25) is 0 Å². The lowest BCUT2D eigenvalue weighted by Gasteiger charge is -2.19. The lowest BCUT2D eigenvalue weighted by Crippen LogP contribution is -2.18. The van der Waals surface area contributed by atoms with Crippen molar-refractivity contribution in [3.8, 4) is 5.75 Å². The van der Waals surface area contributed by atoms with Gasteiger partial charge in [-0.25, -0.2) is 0 Å². The van der Waals surface area contributed by atoms with E-state index in [4.69, 9.17) is 16.2 Å². The fourth-order valence-corrected chi connectivity index (χ4v) is 2.14. The molecule has 0 saturated heterocycles. The van der Waals surface area contributed by atoms with Gasteiger partial charge in [0.15, 0.2) is 0 Å². The molecule has 4 heteroatoms. The first kappa shape index (κ1) is 15.8. The van der Waals surface area contributed by atoms with Gasteiger partial charge in [-0.15, -0.1) is 0 Å². The third kappa shape index (κ3) is 4.45. The van der Waals surface area contributed by atoms with Crippen molar-refractivity contribution >= 4 is 17.1 Å². The maximum atomic E-state index is 5.96. The monoisotopic (exact) mass is 297 g/mol. The molecule has 22 heavy (non-hydrogen) atoms. The van der Waals surface area contributed by atoms with Crippen molar-refractivity contribution < 1.29 is 4.74 Å². The Labute approximate surface area is 132 Å². The van der Waals surface area contributed by atoms with Gasteiger partial charge in [-0.3, -0.25) is 0 Å². The lowest BCUT2D eigenvalue weighted by molar-refractivity contribution is 0.362. The molecule has 2 aromatic rings. The molecule has 0 radical (unpaired) electrons. The zero-order valence-corrected chi connectivity index (χ0v) is 13.1. The Bertz CT molecular complexity index is 653. The third-order valence-corrected chi connectivity index (χ3v) is 3.35. The van der Waals surface area contributed by atoms with Gasteiger partial charge in [0.2, 0.25) is 0 Å². The Morgan fingerprint density at radius 2 is 1.91 bits per heavy atom. The molecule has 116 valence electrons. The number of nitrogens with zero attached hydrogens (tertiary/aromatic N) is 1. The SMILES string of the molecule is Cc1cccc(OC/C=C/CN(C)c2cc(N)ccc2N)c1. The number of rotatable bonds is 6. The Morgan fingerprint density at radius 3 is 2.68 bits per heavy atom. The van der Waals surface area contributed by atoms with E-state index >= 15 is 0 Å². The van der Waals surface area contributed by atoms with Crippen LogP contribution in [0.5, 0.6) is 5.75 Å². The number of nitrogens with two attached hydrogens (primary N) is 2. The van der Waals surface area contributed by atoms with E-state index in [-0.39, 0.29) is 0 Å². The molecule has 4 nitrogen and oxygen atoms in total. The van der Waals surface area contributed by atoms with Crippen LogP contribution in [-0.4, -0.2) is 20.2 Å². The van der Waals surface area contributed by atoms with Crippen molar-refractivity contribution in [3.63, 3.8) is 0 Å². The molecule has 0 aliphatic carbocycles. The van der Waals surface area contributed by atoms with Gasteiger partial charge in [0.1, 0.15) is 12.4 Å². The molecule has 0 unspecified atom stereocenters. The Morgan fingerprint density at radius 1 is 1.09 bits per heavy atom. The van der Waals surface area contributed by atoms with Gasteiger partial charge >= 0.3 is 0 Å². The van der Waals surface area contributed by atoms with Gasteiger partial charge in [-0.2, -0.15) is 0 Å². The maximum Gasteiger partial charge on any atom is 0.120 e. The number of benzene rings is 2. The molecule has 0 heterocycles. The fourth-order valence-electron chi connectivity index (χ4n) is 2.14. The van der Waals surface area contributed by atoms with Crippen molar-refractivity contribution in [3.05, 3.63) is 60.2 Å². The molecule has 0 aliphatic rings. The minimum Gasteiger partial charge on any atom is -0.490 e. The second-order valence-corrected chi connectivity index (χ2v) is 5.30. The van der Waals surface area contributed by atoms with Crippen LogP contribution in [0.15, 0.2) is 54.6 Å². The van der Waals surface area contributed by atoms with Crippen LogP contribution in [0.3, 0.4) is 0 Å². The highest BCUT2D eigenvalue weighted by atomic mass is 16.5. The number of likely N-dealkylation sites (N-methyl/N-ethyl adjacent to an activating group) is 1. The Kier molecular flexibility index (Phi) is 5.31. The van der Waals surface area contributed by atoms with E-state index in [1.807, 2.05) is 56.4 Å². The summed E-state index contributed by atoms with van der Waals surface area (Å²) in [4.78, 5) is 2.05. The van der Waals surface area contributed by atoms with Crippen LogP contribution in [-0.2, 0) is 0 Å². The summed E-state index contributed by atoms with van der Waals surface area (Å²) < 4.78 is 5.67. The zero-order valence-electron chi connectivity index (χ0n) is 13.1. The van der Waals surface area contributed by atoms with E-state index in [9.17, 15) is 0 Å². The van der Waals surface area contributed by atoms with Gasteiger partial charge in [0.05, 0.1) is 11.4 Å². The van der Waals surface area contributed by atoms with Gasteiger partial charge in [0, 0.05) is 19.3 Å². The van der Waals surface area contributed by atoms with Crippen LogP contribution in [0.25, 0.3) is 0 Å². The molecule has 2 rings (SSSR count). The van der Waals surface area contributed by atoms with Crippen LogP contribution in [0.1, 0.15) is 5.56 Å². The van der Waals surface area contributed by atoms with Gasteiger partial charge in [0.25, 0.3) is 0 Å². The average molecular weight is 297 g/mol. The molecule has 0 saturated carbocycles. The molecule has 2 aromatic carbocycles. The molecule has 0 atom stereocenters. The fraction of sp³-hybridized carbons (Fsp3) is 0.222. The number of ether oxygens (including phenoxy) is 1. The highest BCUT2D eigenvalue weighted by Crippen LogP contribution is 2.24.